The molecule has 2 aromatic rings. The van der Waals surface area contributed by atoms with Crippen molar-refractivity contribution in [2.24, 2.45) is 16.5 Å². The quantitative estimate of drug-likeness (QED) is 0.378. The highest BCUT2D eigenvalue weighted by atomic mass is 32.2. The fraction of sp³-hybridized carbons (Fsp3) is 0.0625. The fourth-order valence-electron chi connectivity index (χ4n) is 1.61. The number of carboxylic acids is 2. The van der Waals surface area contributed by atoms with Crippen LogP contribution in [0.2, 0.25) is 0 Å². The van der Waals surface area contributed by atoms with E-state index in [1.54, 1.807) is 11.8 Å². The Balaban J connectivity index is 0.000000240. The molecule has 0 aliphatic carbocycles. The van der Waals surface area contributed by atoms with Gasteiger partial charge in [-0.05, 0) is 42.7 Å². The van der Waals surface area contributed by atoms with Gasteiger partial charge in [-0.1, -0.05) is 12.1 Å². The Bertz CT molecular complexity index is 729. The minimum absolute atomic E-state index is 0.0186. The van der Waals surface area contributed by atoms with Crippen LogP contribution in [-0.2, 0) is 0 Å². The normalized spacial score (nSPS) is 9.38. The van der Waals surface area contributed by atoms with Gasteiger partial charge in [-0.2, -0.15) is 0 Å². The molecule has 24 heavy (non-hydrogen) atoms. The number of carboxylic acid groups (broad SMARTS) is 2. The Morgan fingerprint density at radius 3 is 1.96 bits per heavy atom. The molecule has 0 bridgehead atoms. The van der Waals surface area contributed by atoms with Gasteiger partial charge in [-0.15, -0.1) is 11.8 Å². The highest BCUT2D eigenvalue weighted by Gasteiger charge is 2.06. The smallest absolute Gasteiger partial charge is 0.335 e. The Hall–Kier alpha value is -3.00. The van der Waals surface area contributed by atoms with Crippen LogP contribution in [-0.4, -0.2) is 34.4 Å². The van der Waals surface area contributed by atoms with Crippen molar-refractivity contribution in [2.45, 2.75) is 4.90 Å². The molecule has 0 aliphatic heterocycles. The van der Waals surface area contributed by atoms with Crippen molar-refractivity contribution in [3.05, 3.63) is 59.7 Å². The molecule has 2 aromatic carbocycles. The molecular weight excluding hydrogens is 330 g/mol. The summed E-state index contributed by atoms with van der Waals surface area (Å²) in [5, 5.41) is 17.0. The van der Waals surface area contributed by atoms with Crippen LogP contribution in [0.15, 0.2) is 58.4 Å². The molecule has 0 amide bonds. The molecule has 0 heterocycles. The molecular formula is C16H17N3O4S. The van der Waals surface area contributed by atoms with Gasteiger partial charge in [-0.3, -0.25) is 0 Å². The number of thioether (sulfide) groups is 1. The van der Waals surface area contributed by atoms with E-state index in [1.807, 2.05) is 30.5 Å². The van der Waals surface area contributed by atoms with E-state index in [2.05, 4.69) is 4.99 Å². The average Bonchev–Trinajstić information content (AvgIpc) is 2.55. The molecule has 0 radical (unpaired) electrons. The lowest BCUT2D eigenvalue weighted by atomic mass is 10.1. The Kier molecular flexibility index (Phi) is 7.31. The maximum atomic E-state index is 10.4. The summed E-state index contributed by atoms with van der Waals surface area (Å²) in [6, 6.07) is 12.9. The first kappa shape index (κ1) is 19.0. The number of nitrogens with zero attached hydrogens (tertiary/aromatic N) is 1. The van der Waals surface area contributed by atoms with Crippen molar-refractivity contribution in [3.8, 4) is 0 Å². The number of carbonyl (C=O) groups is 2. The topological polar surface area (TPSA) is 139 Å². The summed E-state index contributed by atoms with van der Waals surface area (Å²) in [6.45, 7) is 0. The molecule has 8 heteroatoms. The van der Waals surface area contributed by atoms with Crippen molar-refractivity contribution in [2.75, 3.05) is 6.26 Å². The van der Waals surface area contributed by atoms with Crippen LogP contribution >= 0.6 is 11.8 Å². The minimum Gasteiger partial charge on any atom is -0.478 e. The summed E-state index contributed by atoms with van der Waals surface area (Å²) >= 11 is 1.66. The predicted molar refractivity (Wildman–Crippen MR) is 94.1 cm³/mol. The standard InChI is InChI=1S/C8H11N3S.C8H6O4/c1-12-7-4-2-3-6(5-7)11-8(9)10;9-7(10)5-2-1-3-6(4-5)8(11)12/h2-5H,1H3,(H4,9,10,11);1-4H,(H,9,10)(H,11,12). The Labute approximate surface area is 143 Å². The van der Waals surface area contributed by atoms with Gasteiger partial charge in [0.25, 0.3) is 0 Å². The van der Waals surface area contributed by atoms with Gasteiger partial charge in [0, 0.05) is 4.90 Å². The van der Waals surface area contributed by atoms with Crippen LogP contribution < -0.4 is 11.5 Å². The molecule has 0 saturated carbocycles. The van der Waals surface area contributed by atoms with Crippen molar-refractivity contribution < 1.29 is 19.8 Å². The van der Waals surface area contributed by atoms with E-state index in [4.69, 9.17) is 21.7 Å². The van der Waals surface area contributed by atoms with Crippen LogP contribution in [0.5, 0.6) is 0 Å². The van der Waals surface area contributed by atoms with Crippen molar-refractivity contribution in [1.29, 1.82) is 0 Å². The molecule has 0 aromatic heterocycles. The first-order valence-electron chi connectivity index (χ1n) is 6.64. The summed E-state index contributed by atoms with van der Waals surface area (Å²) in [5.41, 5.74) is 11.2. The van der Waals surface area contributed by atoms with Gasteiger partial charge in [0.2, 0.25) is 0 Å². The van der Waals surface area contributed by atoms with Gasteiger partial charge in [-0.25, -0.2) is 14.6 Å². The molecule has 6 N–H and O–H groups in total. The van der Waals surface area contributed by atoms with E-state index in [1.165, 1.54) is 18.2 Å². The molecule has 0 atom stereocenters. The first-order chi connectivity index (χ1) is 11.3. The van der Waals surface area contributed by atoms with Gasteiger partial charge in [0.05, 0.1) is 16.8 Å². The van der Waals surface area contributed by atoms with Crippen LogP contribution in [0.3, 0.4) is 0 Å². The second-order valence-electron chi connectivity index (χ2n) is 4.43. The fourth-order valence-corrected chi connectivity index (χ4v) is 2.07. The number of guanidine groups is 1. The summed E-state index contributed by atoms with van der Waals surface area (Å²) in [6.07, 6.45) is 2.01. The monoisotopic (exact) mass is 347 g/mol. The van der Waals surface area contributed by atoms with Crippen LogP contribution in [0.1, 0.15) is 20.7 Å². The zero-order valence-corrected chi connectivity index (χ0v) is 13.7. The maximum Gasteiger partial charge on any atom is 0.335 e. The number of hydrogen-bond donors (Lipinski definition) is 4. The summed E-state index contributed by atoms with van der Waals surface area (Å²) in [5.74, 6) is -2.16. The van der Waals surface area contributed by atoms with Crippen molar-refractivity contribution in [3.63, 3.8) is 0 Å². The van der Waals surface area contributed by atoms with Crippen LogP contribution in [0, 0.1) is 0 Å². The highest BCUT2D eigenvalue weighted by Crippen LogP contribution is 2.20. The highest BCUT2D eigenvalue weighted by molar-refractivity contribution is 7.98. The zero-order chi connectivity index (χ0) is 18.1. The third-order valence-corrected chi connectivity index (χ3v) is 3.39. The van der Waals surface area contributed by atoms with E-state index in [0.29, 0.717) is 0 Å². The summed E-state index contributed by atoms with van der Waals surface area (Å²) in [4.78, 5) is 25.8. The number of aliphatic imine (C=N–C) groups is 1. The van der Waals surface area contributed by atoms with Gasteiger partial charge >= 0.3 is 11.9 Å². The largest absolute Gasteiger partial charge is 0.478 e. The molecule has 0 unspecified atom stereocenters. The van der Waals surface area contributed by atoms with Crippen LogP contribution in [0.4, 0.5) is 5.69 Å². The Morgan fingerprint density at radius 2 is 1.50 bits per heavy atom. The lowest BCUT2D eigenvalue weighted by Crippen LogP contribution is -2.21. The van der Waals surface area contributed by atoms with E-state index >= 15 is 0 Å². The molecule has 0 saturated heterocycles. The number of benzene rings is 2. The first-order valence-corrected chi connectivity index (χ1v) is 7.86. The predicted octanol–water partition coefficient (Wildman–Crippen LogP) is 2.40. The minimum atomic E-state index is -1.13. The van der Waals surface area contributed by atoms with E-state index in [9.17, 15) is 9.59 Å². The van der Waals surface area contributed by atoms with Gasteiger partial charge < -0.3 is 21.7 Å². The van der Waals surface area contributed by atoms with Crippen LogP contribution in [0.25, 0.3) is 0 Å². The molecule has 7 nitrogen and oxygen atoms in total. The second-order valence-corrected chi connectivity index (χ2v) is 5.31. The van der Waals surface area contributed by atoms with Crippen molar-refractivity contribution in [1.82, 2.24) is 0 Å². The molecule has 0 aliphatic rings. The number of hydrogen-bond acceptors (Lipinski definition) is 4. The lowest BCUT2D eigenvalue weighted by Gasteiger charge is -1.97. The zero-order valence-electron chi connectivity index (χ0n) is 12.8. The molecule has 126 valence electrons. The summed E-state index contributed by atoms with van der Waals surface area (Å²) < 4.78 is 0. The van der Waals surface area contributed by atoms with Gasteiger partial charge in [0.15, 0.2) is 5.96 Å². The number of aromatic carboxylic acids is 2. The second kappa shape index (κ2) is 9.21. The average molecular weight is 347 g/mol. The Morgan fingerprint density at radius 1 is 0.958 bits per heavy atom. The van der Waals surface area contributed by atoms with E-state index < -0.39 is 11.9 Å². The summed E-state index contributed by atoms with van der Waals surface area (Å²) in [7, 11) is 0. The third kappa shape index (κ3) is 6.41. The number of nitrogens with two attached hydrogens (primary N) is 2. The van der Waals surface area contributed by atoms with Gasteiger partial charge in [0.1, 0.15) is 0 Å². The third-order valence-electron chi connectivity index (χ3n) is 2.67. The molecule has 0 spiro atoms. The maximum absolute atomic E-state index is 10.4. The molecule has 0 fully saturated rings. The van der Waals surface area contributed by atoms with E-state index in [0.717, 1.165) is 16.6 Å². The SMILES string of the molecule is CSc1cccc(N=C(N)N)c1.O=C(O)c1cccc(C(=O)O)c1. The molecule has 2 rings (SSSR count). The van der Waals surface area contributed by atoms with Crippen molar-refractivity contribution >= 4 is 35.3 Å². The number of rotatable bonds is 4. The lowest BCUT2D eigenvalue weighted by molar-refractivity contribution is 0.0696. The van der Waals surface area contributed by atoms with E-state index in [-0.39, 0.29) is 17.1 Å².